The van der Waals surface area contributed by atoms with Crippen molar-refractivity contribution in [3.8, 4) is 0 Å². The van der Waals surface area contributed by atoms with E-state index in [0.717, 1.165) is 14.6 Å². The lowest BCUT2D eigenvalue weighted by molar-refractivity contribution is 0.0600. The lowest BCUT2D eigenvalue weighted by atomic mass is 10.2. The minimum absolute atomic E-state index is 0.390. The minimum atomic E-state index is -0.390. The van der Waals surface area contributed by atoms with Crippen LogP contribution in [0.15, 0.2) is 45.5 Å². The van der Waals surface area contributed by atoms with Crippen LogP contribution in [0, 0.1) is 0 Å². The largest absolute Gasteiger partial charge is 0.465 e. The predicted molar refractivity (Wildman–Crippen MR) is 80.7 cm³/mol. The van der Waals surface area contributed by atoms with E-state index in [-0.39, 0.29) is 0 Å². The fraction of sp³-hybridized carbons (Fsp3) is 0.0769. The molecule has 0 saturated heterocycles. The molecule has 0 bridgehead atoms. The highest BCUT2D eigenvalue weighted by atomic mass is 79.9. The molecule has 0 aliphatic carbocycles. The van der Waals surface area contributed by atoms with Crippen molar-refractivity contribution in [3.63, 3.8) is 0 Å². The maximum atomic E-state index is 11.4. The minimum Gasteiger partial charge on any atom is -0.465 e. The van der Waals surface area contributed by atoms with Crippen LogP contribution in [-0.2, 0) is 4.74 Å². The number of pyridine rings is 1. The van der Waals surface area contributed by atoms with Gasteiger partial charge >= 0.3 is 5.97 Å². The summed E-state index contributed by atoms with van der Waals surface area (Å²) < 4.78 is 6.52. The van der Waals surface area contributed by atoms with Gasteiger partial charge in [-0.1, -0.05) is 15.9 Å². The van der Waals surface area contributed by atoms with Crippen molar-refractivity contribution >= 4 is 49.3 Å². The van der Waals surface area contributed by atoms with Gasteiger partial charge in [0.05, 0.1) is 18.4 Å². The van der Waals surface area contributed by atoms with Crippen LogP contribution in [-0.4, -0.2) is 18.1 Å². The average Bonchev–Trinajstić information content (AvgIpc) is 2.42. The molecule has 0 aliphatic rings. The summed E-state index contributed by atoms with van der Waals surface area (Å²) >= 11 is 6.85. The Hall–Kier alpha value is -1.40. The number of ether oxygens (including phenoxy) is 1. The van der Waals surface area contributed by atoms with Crippen LogP contribution < -0.4 is 5.32 Å². The van der Waals surface area contributed by atoms with E-state index in [1.165, 1.54) is 7.11 Å². The summed E-state index contributed by atoms with van der Waals surface area (Å²) in [7, 11) is 1.35. The molecule has 1 heterocycles. The quantitative estimate of drug-likeness (QED) is 0.806. The number of nitrogens with one attached hydrogen (secondary N) is 1. The number of benzene rings is 1. The van der Waals surface area contributed by atoms with Gasteiger partial charge in [-0.05, 0) is 46.3 Å². The first kappa shape index (κ1) is 14.0. The first-order valence-electron chi connectivity index (χ1n) is 5.36. The first-order chi connectivity index (χ1) is 9.10. The van der Waals surface area contributed by atoms with Gasteiger partial charge in [0.15, 0.2) is 0 Å². The third-order valence-corrected chi connectivity index (χ3v) is 3.56. The number of anilines is 2. The van der Waals surface area contributed by atoms with Gasteiger partial charge in [-0.15, -0.1) is 0 Å². The number of nitrogens with zero attached hydrogens (tertiary/aromatic N) is 1. The van der Waals surface area contributed by atoms with Gasteiger partial charge in [0.25, 0.3) is 0 Å². The third kappa shape index (κ3) is 3.54. The van der Waals surface area contributed by atoms with Crippen LogP contribution in [0.1, 0.15) is 10.4 Å². The first-order valence-corrected chi connectivity index (χ1v) is 6.95. The molecule has 2 aromatic rings. The SMILES string of the molecule is COC(=O)c1ccnc(Nc2cc(Br)ccc2Br)c1. The number of rotatable bonds is 3. The number of halogens is 2. The van der Waals surface area contributed by atoms with Gasteiger partial charge in [0.1, 0.15) is 5.82 Å². The van der Waals surface area contributed by atoms with Crippen LogP contribution in [0.5, 0.6) is 0 Å². The van der Waals surface area contributed by atoms with E-state index < -0.39 is 5.97 Å². The smallest absolute Gasteiger partial charge is 0.338 e. The number of hydrogen-bond donors (Lipinski definition) is 1. The van der Waals surface area contributed by atoms with Crippen molar-refractivity contribution in [2.24, 2.45) is 0 Å². The maximum absolute atomic E-state index is 11.4. The molecule has 1 N–H and O–H groups in total. The van der Waals surface area contributed by atoms with Gasteiger partial charge in [-0.25, -0.2) is 9.78 Å². The van der Waals surface area contributed by atoms with Crippen LogP contribution in [0.4, 0.5) is 11.5 Å². The Bertz CT molecular complexity index is 617. The molecule has 0 atom stereocenters. The maximum Gasteiger partial charge on any atom is 0.338 e. The van der Waals surface area contributed by atoms with Crippen molar-refractivity contribution in [2.75, 3.05) is 12.4 Å². The number of aromatic nitrogens is 1. The Balaban J connectivity index is 2.28. The molecular weight excluding hydrogens is 376 g/mol. The molecule has 0 fully saturated rings. The molecule has 0 saturated carbocycles. The molecule has 98 valence electrons. The molecule has 6 heteroatoms. The van der Waals surface area contributed by atoms with Crippen LogP contribution in [0.2, 0.25) is 0 Å². The molecule has 0 spiro atoms. The summed E-state index contributed by atoms with van der Waals surface area (Å²) in [4.78, 5) is 15.6. The Morgan fingerprint density at radius 2 is 2.05 bits per heavy atom. The van der Waals surface area contributed by atoms with E-state index in [9.17, 15) is 4.79 Å². The van der Waals surface area contributed by atoms with E-state index in [0.29, 0.717) is 11.4 Å². The number of carbonyl (C=O) groups excluding carboxylic acids is 1. The summed E-state index contributed by atoms with van der Waals surface area (Å²) in [6.45, 7) is 0. The van der Waals surface area contributed by atoms with Gasteiger partial charge in [-0.3, -0.25) is 0 Å². The molecule has 0 amide bonds. The van der Waals surface area contributed by atoms with Gasteiger partial charge in [0, 0.05) is 15.1 Å². The second kappa shape index (κ2) is 6.16. The highest BCUT2D eigenvalue weighted by Gasteiger charge is 2.07. The number of methoxy groups -OCH3 is 1. The standard InChI is InChI=1S/C13H10Br2N2O2/c1-19-13(18)8-4-5-16-12(6-8)17-11-7-9(14)2-3-10(11)15/h2-7H,1H3,(H,16,17). The zero-order valence-corrected chi connectivity index (χ0v) is 13.2. The number of esters is 1. The summed E-state index contributed by atoms with van der Waals surface area (Å²) in [5, 5.41) is 3.14. The summed E-state index contributed by atoms with van der Waals surface area (Å²) in [6, 6.07) is 8.99. The molecule has 1 aromatic carbocycles. The predicted octanol–water partition coefficient (Wildman–Crippen LogP) is 4.14. The molecule has 19 heavy (non-hydrogen) atoms. The molecule has 1 aromatic heterocycles. The lowest BCUT2D eigenvalue weighted by Gasteiger charge is -2.09. The number of hydrogen-bond acceptors (Lipinski definition) is 4. The van der Waals surface area contributed by atoms with Crippen LogP contribution >= 0.6 is 31.9 Å². The second-order valence-electron chi connectivity index (χ2n) is 3.67. The molecular formula is C13H10Br2N2O2. The van der Waals surface area contributed by atoms with E-state index in [2.05, 4.69) is 46.9 Å². The highest BCUT2D eigenvalue weighted by molar-refractivity contribution is 9.11. The van der Waals surface area contributed by atoms with Crippen molar-refractivity contribution in [3.05, 3.63) is 51.0 Å². The zero-order valence-electron chi connectivity index (χ0n) is 9.98. The molecule has 2 rings (SSSR count). The Morgan fingerprint density at radius 3 is 2.79 bits per heavy atom. The van der Waals surface area contributed by atoms with Crippen molar-refractivity contribution in [1.82, 2.24) is 4.98 Å². The summed E-state index contributed by atoms with van der Waals surface area (Å²) in [5.74, 6) is 0.181. The second-order valence-corrected chi connectivity index (χ2v) is 5.44. The topological polar surface area (TPSA) is 51.2 Å². The van der Waals surface area contributed by atoms with Crippen LogP contribution in [0.3, 0.4) is 0 Å². The van der Waals surface area contributed by atoms with Crippen LogP contribution in [0.25, 0.3) is 0 Å². The monoisotopic (exact) mass is 384 g/mol. The molecule has 0 unspecified atom stereocenters. The van der Waals surface area contributed by atoms with Crippen molar-refractivity contribution in [2.45, 2.75) is 0 Å². The summed E-state index contributed by atoms with van der Waals surface area (Å²) in [5.41, 5.74) is 1.30. The fourth-order valence-electron chi connectivity index (χ4n) is 1.47. The van der Waals surface area contributed by atoms with Gasteiger partial charge in [0.2, 0.25) is 0 Å². The highest BCUT2D eigenvalue weighted by Crippen LogP contribution is 2.28. The Labute approximate surface area is 127 Å². The normalized spacial score (nSPS) is 10.1. The zero-order chi connectivity index (χ0) is 13.8. The van der Waals surface area contributed by atoms with Gasteiger partial charge in [-0.2, -0.15) is 0 Å². The molecule has 4 nitrogen and oxygen atoms in total. The third-order valence-electron chi connectivity index (χ3n) is 2.37. The Morgan fingerprint density at radius 1 is 1.26 bits per heavy atom. The fourth-order valence-corrected chi connectivity index (χ4v) is 2.18. The molecule has 0 aliphatic heterocycles. The van der Waals surface area contributed by atoms with Crippen molar-refractivity contribution in [1.29, 1.82) is 0 Å². The average molecular weight is 386 g/mol. The van der Waals surface area contributed by atoms with E-state index >= 15 is 0 Å². The lowest BCUT2D eigenvalue weighted by Crippen LogP contribution is -2.03. The summed E-state index contributed by atoms with van der Waals surface area (Å²) in [6.07, 6.45) is 1.56. The van der Waals surface area contributed by atoms with E-state index in [1.54, 1.807) is 18.3 Å². The Kier molecular flexibility index (Phi) is 4.55. The van der Waals surface area contributed by atoms with Gasteiger partial charge < -0.3 is 10.1 Å². The molecule has 0 radical (unpaired) electrons. The van der Waals surface area contributed by atoms with E-state index in [1.807, 2.05) is 18.2 Å². The number of carbonyl (C=O) groups is 1. The van der Waals surface area contributed by atoms with Crippen molar-refractivity contribution < 1.29 is 9.53 Å². The van der Waals surface area contributed by atoms with E-state index in [4.69, 9.17) is 0 Å².